The fourth-order valence-corrected chi connectivity index (χ4v) is 4.92. The summed E-state index contributed by atoms with van der Waals surface area (Å²) < 4.78 is 45.1. The van der Waals surface area contributed by atoms with Gasteiger partial charge in [-0.15, -0.1) is 0 Å². The van der Waals surface area contributed by atoms with Crippen LogP contribution in [-0.4, -0.2) is 9.38 Å². The maximum atomic E-state index is 13.7. The molecule has 0 bridgehead atoms. The molecular formula is C25H17F3N3+. The number of benzene rings is 3. The number of rotatable bonds is 1. The Balaban J connectivity index is 1.86. The predicted molar refractivity (Wildman–Crippen MR) is 115 cm³/mol. The van der Waals surface area contributed by atoms with Crippen LogP contribution in [0.3, 0.4) is 0 Å². The fraction of sp³-hybridized carbons (Fsp3) is 0.120. The number of hydrogen-bond acceptors (Lipinski definition) is 1. The second-order valence-corrected chi connectivity index (χ2v) is 7.93. The third kappa shape index (κ3) is 2.30. The quantitative estimate of drug-likeness (QED) is 0.299. The average Bonchev–Trinajstić information content (AvgIpc) is 3.24. The van der Waals surface area contributed by atoms with Gasteiger partial charge >= 0.3 is 6.18 Å². The van der Waals surface area contributed by atoms with Crippen molar-refractivity contribution < 1.29 is 17.7 Å². The number of hydrogen-bond donors (Lipinski definition) is 0. The molecule has 0 atom stereocenters. The Bertz CT molecular complexity index is 1640. The molecule has 3 nitrogen and oxygen atoms in total. The molecule has 3 aromatic carbocycles. The number of fused-ring (bicyclic) bond motifs is 4. The van der Waals surface area contributed by atoms with Crippen LogP contribution in [0.5, 0.6) is 0 Å². The molecule has 0 fully saturated rings. The van der Waals surface area contributed by atoms with E-state index >= 15 is 0 Å². The molecule has 0 N–H and O–H groups in total. The van der Waals surface area contributed by atoms with Gasteiger partial charge in [0.25, 0.3) is 6.33 Å². The van der Waals surface area contributed by atoms with E-state index in [1.807, 2.05) is 36.7 Å². The second-order valence-electron chi connectivity index (χ2n) is 7.93. The molecular weight excluding hydrogens is 399 g/mol. The van der Waals surface area contributed by atoms with Crippen molar-refractivity contribution >= 4 is 38.1 Å². The van der Waals surface area contributed by atoms with Gasteiger partial charge in [-0.25, -0.2) is 4.57 Å². The molecule has 6 heteroatoms. The highest BCUT2D eigenvalue weighted by molar-refractivity contribution is 6.17. The molecule has 0 saturated heterocycles. The van der Waals surface area contributed by atoms with Gasteiger partial charge in [0.05, 0.1) is 29.2 Å². The van der Waals surface area contributed by atoms with Gasteiger partial charge in [-0.3, -0.25) is 0 Å². The van der Waals surface area contributed by atoms with Crippen molar-refractivity contribution in [3.8, 4) is 11.4 Å². The van der Waals surface area contributed by atoms with Crippen LogP contribution in [0, 0.1) is 6.92 Å². The van der Waals surface area contributed by atoms with E-state index in [0.29, 0.717) is 11.1 Å². The van der Waals surface area contributed by atoms with Crippen LogP contribution in [-0.2, 0) is 13.2 Å². The van der Waals surface area contributed by atoms with Crippen LogP contribution in [0.2, 0.25) is 0 Å². The molecule has 0 aliphatic rings. The Kier molecular flexibility index (Phi) is 3.47. The molecule has 6 rings (SSSR count). The van der Waals surface area contributed by atoms with E-state index < -0.39 is 11.7 Å². The number of aromatic nitrogens is 3. The molecule has 0 unspecified atom stereocenters. The van der Waals surface area contributed by atoms with Crippen LogP contribution in [0.1, 0.15) is 11.1 Å². The summed E-state index contributed by atoms with van der Waals surface area (Å²) in [6.07, 6.45) is -3.00. The maximum absolute atomic E-state index is 13.7. The van der Waals surface area contributed by atoms with Crippen molar-refractivity contribution in [3.05, 3.63) is 78.1 Å². The van der Waals surface area contributed by atoms with Crippen LogP contribution < -0.4 is 4.57 Å². The molecule has 0 amide bonds. The number of alkyl halides is 3. The number of para-hydroxylation sites is 3. The van der Waals surface area contributed by atoms with Crippen LogP contribution in [0.4, 0.5) is 13.2 Å². The third-order valence-corrected chi connectivity index (χ3v) is 6.21. The maximum Gasteiger partial charge on any atom is 0.420 e. The number of aryl methyl sites for hydroxylation is 2. The Morgan fingerprint density at radius 2 is 1.52 bits per heavy atom. The van der Waals surface area contributed by atoms with E-state index in [9.17, 15) is 13.2 Å². The summed E-state index contributed by atoms with van der Waals surface area (Å²) in [7, 11) is 1.83. The summed E-state index contributed by atoms with van der Waals surface area (Å²) in [4.78, 5) is 4.16. The Morgan fingerprint density at radius 3 is 2.32 bits per heavy atom. The minimum absolute atomic E-state index is 0.0351. The summed E-state index contributed by atoms with van der Waals surface area (Å²) in [5.74, 6) is 0. The van der Waals surface area contributed by atoms with E-state index in [1.165, 1.54) is 12.4 Å². The second kappa shape index (κ2) is 5.94. The topological polar surface area (TPSA) is 21.2 Å². The highest BCUT2D eigenvalue weighted by Gasteiger charge is 2.36. The smallest absolute Gasteiger partial charge is 0.304 e. The Morgan fingerprint density at radius 1 is 0.839 bits per heavy atom. The molecule has 0 spiro atoms. The zero-order valence-electron chi connectivity index (χ0n) is 16.8. The minimum Gasteiger partial charge on any atom is -0.304 e. The van der Waals surface area contributed by atoms with Gasteiger partial charge in [0, 0.05) is 16.2 Å². The lowest BCUT2D eigenvalue weighted by molar-refractivity contribution is -0.662. The predicted octanol–water partition coefficient (Wildman–Crippen LogP) is 6.05. The van der Waals surface area contributed by atoms with Crippen molar-refractivity contribution in [2.45, 2.75) is 13.1 Å². The first-order chi connectivity index (χ1) is 14.9. The normalized spacial score (nSPS) is 12.7. The number of halogens is 3. The standard InChI is InChI=1S/C25H17F3N3/c1-14-15-8-5-9-17-16-7-3-4-12-20(16)31(23(15)17)22(14)24-18-10-6-11-19(25(26,27)28)21(18)29-13-30(24)2/h3-13H,1-2H3/q+1. The fourth-order valence-electron chi connectivity index (χ4n) is 4.92. The lowest BCUT2D eigenvalue weighted by Crippen LogP contribution is -2.32. The van der Waals surface area contributed by atoms with Gasteiger partial charge in [-0.1, -0.05) is 42.5 Å². The molecule has 152 valence electrons. The zero-order valence-corrected chi connectivity index (χ0v) is 16.8. The van der Waals surface area contributed by atoms with Gasteiger partial charge in [0.2, 0.25) is 0 Å². The summed E-state index contributed by atoms with van der Waals surface area (Å²) in [6, 6.07) is 18.6. The van der Waals surface area contributed by atoms with E-state index in [4.69, 9.17) is 0 Å². The van der Waals surface area contributed by atoms with E-state index in [2.05, 4.69) is 33.7 Å². The molecule has 0 aliphatic carbocycles. The monoisotopic (exact) mass is 416 g/mol. The molecule has 3 heterocycles. The van der Waals surface area contributed by atoms with Gasteiger partial charge in [0.1, 0.15) is 5.56 Å². The van der Waals surface area contributed by atoms with Gasteiger partial charge in [-0.2, -0.15) is 13.2 Å². The zero-order chi connectivity index (χ0) is 21.5. The van der Waals surface area contributed by atoms with Gasteiger partial charge in [0.15, 0.2) is 11.2 Å². The summed E-state index contributed by atoms with van der Waals surface area (Å²) in [6.45, 7) is 2.03. The van der Waals surface area contributed by atoms with Crippen molar-refractivity contribution in [1.29, 1.82) is 0 Å². The minimum atomic E-state index is -4.47. The van der Waals surface area contributed by atoms with Crippen LogP contribution in [0.25, 0.3) is 49.5 Å². The summed E-state index contributed by atoms with van der Waals surface area (Å²) in [5, 5.41) is 3.84. The highest BCUT2D eigenvalue weighted by atomic mass is 19.4. The average molecular weight is 416 g/mol. The lowest BCUT2D eigenvalue weighted by atomic mass is 10.0. The SMILES string of the molecule is Cc1c(-c2c3cccc(C(F)(F)F)c3nc[n+]2C)n2c3ccccc3c3cccc1c32. The first-order valence-electron chi connectivity index (χ1n) is 9.96. The molecule has 3 aromatic heterocycles. The van der Waals surface area contributed by atoms with E-state index in [0.717, 1.165) is 44.5 Å². The van der Waals surface area contributed by atoms with Crippen molar-refractivity contribution in [2.24, 2.45) is 7.05 Å². The first-order valence-corrected chi connectivity index (χ1v) is 9.96. The lowest BCUT2D eigenvalue weighted by Gasteiger charge is -2.11. The van der Waals surface area contributed by atoms with E-state index in [1.54, 1.807) is 6.07 Å². The highest BCUT2D eigenvalue weighted by Crippen LogP contribution is 2.42. The summed E-state index contributed by atoms with van der Waals surface area (Å²) >= 11 is 0. The first kappa shape index (κ1) is 18.1. The Labute approximate surface area is 175 Å². The van der Waals surface area contributed by atoms with Crippen molar-refractivity contribution in [3.63, 3.8) is 0 Å². The van der Waals surface area contributed by atoms with E-state index in [-0.39, 0.29) is 5.52 Å². The molecule has 0 aliphatic heterocycles. The Hall–Kier alpha value is -3.67. The summed E-state index contributed by atoms with van der Waals surface area (Å²) in [5.41, 5.74) is 4.01. The third-order valence-electron chi connectivity index (χ3n) is 6.21. The van der Waals surface area contributed by atoms with Gasteiger partial charge < -0.3 is 4.40 Å². The molecule has 0 saturated carbocycles. The largest absolute Gasteiger partial charge is 0.420 e. The van der Waals surface area contributed by atoms with Crippen LogP contribution >= 0.6 is 0 Å². The number of nitrogens with zero attached hydrogens (tertiary/aromatic N) is 3. The molecule has 6 aromatic rings. The molecule has 31 heavy (non-hydrogen) atoms. The van der Waals surface area contributed by atoms with Crippen molar-refractivity contribution in [1.82, 2.24) is 9.38 Å². The van der Waals surface area contributed by atoms with Crippen LogP contribution in [0.15, 0.2) is 67.0 Å². The van der Waals surface area contributed by atoms with Crippen molar-refractivity contribution in [2.75, 3.05) is 0 Å². The molecule has 0 radical (unpaired) electrons. The van der Waals surface area contributed by atoms with Gasteiger partial charge in [-0.05, 0) is 35.7 Å².